The van der Waals surface area contributed by atoms with Crippen LogP contribution in [0.25, 0.3) is 10.9 Å². The molecule has 0 atom stereocenters. The van der Waals surface area contributed by atoms with Crippen molar-refractivity contribution in [3.63, 3.8) is 0 Å². The van der Waals surface area contributed by atoms with Gasteiger partial charge in [0.15, 0.2) is 0 Å². The molecule has 0 bridgehead atoms. The van der Waals surface area contributed by atoms with Crippen molar-refractivity contribution < 1.29 is 21.9 Å². The Labute approximate surface area is 150 Å². The number of benzene rings is 2. The van der Waals surface area contributed by atoms with Gasteiger partial charge in [-0.3, -0.25) is 9.71 Å². The van der Waals surface area contributed by atoms with Gasteiger partial charge in [0.25, 0.3) is 10.0 Å². The van der Waals surface area contributed by atoms with Crippen LogP contribution in [-0.4, -0.2) is 26.9 Å². The van der Waals surface area contributed by atoms with Crippen LogP contribution in [-0.2, 0) is 20.0 Å². The van der Waals surface area contributed by atoms with Gasteiger partial charge >= 0.3 is 0 Å². The Morgan fingerprint density at radius 1 is 1.08 bits per heavy atom. The molecule has 0 saturated carbocycles. The van der Waals surface area contributed by atoms with Crippen molar-refractivity contribution in [1.82, 2.24) is 4.98 Å². The summed E-state index contributed by atoms with van der Waals surface area (Å²) in [4.78, 5) is 3.60. The first-order chi connectivity index (χ1) is 12.1. The summed E-state index contributed by atoms with van der Waals surface area (Å²) in [5.41, 5.74) is 0.963. The van der Waals surface area contributed by atoms with Crippen molar-refractivity contribution in [2.24, 2.45) is 5.14 Å². The van der Waals surface area contributed by atoms with Crippen LogP contribution in [0, 0.1) is 6.92 Å². The lowest BCUT2D eigenvalue weighted by Gasteiger charge is -2.13. The summed E-state index contributed by atoms with van der Waals surface area (Å²) in [6, 6.07) is 9.85. The number of hydrogen-bond acceptors (Lipinski definition) is 6. The topological polar surface area (TPSA) is 139 Å². The van der Waals surface area contributed by atoms with Gasteiger partial charge in [-0.05, 0) is 48.9 Å². The molecule has 0 unspecified atom stereocenters. The molecule has 0 radical (unpaired) electrons. The zero-order valence-corrected chi connectivity index (χ0v) is 15.2. The standard InChI is InChI=1S/C16H15N3O5S2/c1-10-4-6-13-12(3-2-8-18-13)16(10)26(23,24)19-11-5-7-14(20)15(9-11)25(17,21)22/h2-9,19-20H,1H3,(H2,17,21,22). The highest BCUT2D eigenvalue weighted by Gasteiger charge is 2.22. The zero-order chi connectivity index (χ0) is 19.1. The molecule has 0 aliphatic rings. The van der Waals surface area contributed by atoms with Gasteiger partial charge in [-0.1, -0.05) is 6.07 Å². The molecule has 2 aromatic carbocycles. The fraction of sp³-hybridized carbons (Fsp3) is 0.0625. The monoisotopic (exact) mass is 393 g/mol. The summed E-state index contributed by atoms with van der Waals surface area (Å²) in [7, 11) is -8.27. The van der Waals surface area contributed by atoms with E-state index in [0.29, 0.717) is 16.5 Å². The number of fused-ring (bicyclic) bond motifs is 1. The first-order valence-corrected chi connectivity index (χ1v) is 10.4. The Balaban J connectivity index is 2.13. The number of anilines is 1. The minimum Gasteiger partial charge on any atom is -0.507 e. The van der Waals surface area contributed by atoms with Gasteiger partial charge in [0, 0.05) is 11.6 Å². The fourth-order valence-electron chi connectivity index (χ4n) is 2.60. The quantitative estimate of drug-likeness (QED) is 0.576. The highest BCUT2D eigenvalue weighted by molar-refractivity contribution is 7.93. The van der Waals surface area contributed by atoms with Gasteiger partial charge in [-0.2, -0.15) is 0 Å². The van der Waals surface area contributed by atoms with Crippen molar-refractivity contribution in [3.8, 4) is 5.75 Å². The van der Waals surface area contributed by atoms with Crippen LogP contribution in [0.3, 0.4) is 0 Å². The predicted octanol–water partition coefficient (Wildman–Crippen LogP) is 1.70. The molecule has 136 valence electrons. The molecular weight excluding hydrogens is 378 g/mol. The molecule has 0 saturated heterocycles. The molecule has 1 aromatic heterocycles. The summed E-state index contributed by atoms with van der Waals surface area (Å²) in [6.07, 6.45) is 1.56. The first-order valence-electron chi connectivity index (χ1n) is 7.32. The van der Waals surface area contributed by atoms with E-state index in [-0.39, 0.29) is 10.6 Å². The highest BCUT2D eigenvalue weighted by Crippen LogP contribution is 2.29. The number of nitrogens with one attached hydrogen (secondary N) is 1. The number of phenols is 1. The van der Waals surface area contributed by atoms with Crippen LogP contribution in [0.5, 0.6) is 5.75 Å². The average Bonchev–Trinajstić information content (AvgIpc) is 2.55. The lowest BCUT2D eigenvalue weighted by Crippen LogP contribution is -2.16. The Hall–Kier alpha value is -2.69. The van der Waals surface area contributed by atoms with E-state index < -0.39 is 30.7 Å². The SMILES string of the molecule is Cc1ccc2ncccc2c1S(=O)(=O)Nc1ccc(O)c(S(N)(=O)=O)c1. The number of phenolic OH excluding ortho intramolecular Hbond substituents is 1. The minimum atomic E-state index is -4.21. The number of aromatic hydroxyl groups is 1. The molecule has 0 spiro atoms. The van der Waals surface area contributed by atoms with Crippen molar-refractivity contribution in [1.29, 1.82) is 0 Å². The molecule has 0 amide bonds. The molecule has 8 nitrogen and oxygen atoms in total. The van der Waals surface area contributed by atoms with Crippen molar-refractivity contribution in [3.05, 3.63) is 54.2 Å². The van der Waals surface area contributed by atoms with Gasteiger partial charge in [0.05, 0.1) is 16.1 Å². The molecular formula is C16H15N3O5S2. The van der Waals surface area contributed by atoms with Gasteiger partial charge in [0.1, 0.15) is 10.6 Å². The summed E-state index contributed by atoms with van der Waals surface area (Å²) < 4.78 is 51.1. The van der Waals surface area contributed by atoms with E-state index >= 15 is 0 Å². The Morgan fingerprint density at radius 2 is 1.81 bits per heavy atom. The number of primary sulfonamides is 1. The van der Waals surface area contributed by atoms with E-state index in [0.717, 1.165) is 12.1 Å². The largest absolute Gasteiger partial charge is 0.507 e. The maximum absolute atomic E-state index is 12.9. The van der Waals surface area contributed by atoms with E-state index in [2.05, 4.69) is 9.71 Å². The van der Waals surface area contributed by atoms with E-state index in [1.165, 1.54) is 6.07 Å². The zero-order valence-electron chi connectivity index (χ0n) is 13.5. The van der Waals surface area contributed by atoms with Crippen molar-refractivity contribution in [2.75, 3.05) is 4.72 Å². The predicted molar refractivity (Wildman–Crippen MR) is 96.8 cm³/mol. The van der Waals surface area contributed by atoms with Crippen LogP contribution in [0.1, 0.15) is 5.56 Å². The van der Waals surface area contributed by atoms with Crippen molar-refractivity contribution in [2.45, 2.75) is 16.7 Å². The second kappa shape index (κ2) is 6.24. The van der Waals surface area contributed by atoms with Crippen LogP contribution in [0.4, 0.5) is 5.69 Å². The summed E-state index contributed by atoms with van der Waals surface area (Å²) >= 11 is 0. The summed E-state index contributed by atoms with van der Waals surface area (Å²) in [5.74, 6) is -0.569. The summed E-state index contributed by atoms with van der Waals surface area (Å²) in [5, 5.41) is 15.1. The molecule has 26 heavy (non-hydrogen) atoms. The number of rotatable bonds is 4. The molecule has 0 aliphatic heterocycles. The van der Waals surface area contributed by atoms with Crippen molar-refractivity contribution >= 4 is 36.6 Å². The van der Waals surface area contributed by atoms with E-state index in [4.69, 9.17) is 5.14 Å². The molecule has 4 N–H and O–H groups in total. The third-order valence-electron chi connectivity index (χ3n) is 3.72. The number of pyridine rings is 1. The molecule has 3 rings (SSSR count). The van der Waals surface area contributed by atoms with Gasteiger partial charge in [-0.25, -0.2) is 22.0 Å². The third kappa shape index (κ3) is 3.34. The maximum Gasteiger partial charge on any atom is 0.262 e. The molecule has 0 aliphatic carbocycles. The van der Waals surface area contributed by atoms with E-state index in [1.54, 1.807) is 37.4 Å². The second-order valence-corrected chi connectivity index (χ2v) is 8.76. The number of aromatic nitrogens is 1. The average molecular weight is 393 g/mol. The Kier molecular flexibility index (Phi) is 4.34. The number of nitrogens with zero attached hydrogens (tertiary/aromatic N) is 1. The number of sulfonamides is 2. The van der Waals surface area contributed by atoms with E-state index in [1.807, 2.05) is 0 Å². The fourth-order valence-corrected chi connectivity index (χ4v) is 4.75. The second-order valence-electron chi connectivity index (χ2n) is 5.61. The molecule has 0 fully saturated rings. The highest BCUT2D eigenvalue weighted by atomic mass is 32.2. The third-order valence-corrected chi connectivity index (χ3v) is 6.24. The normalized spacial score (nSPS) is 12.2. The number of aryl methyl sites for hydroxylation is 1. The lowest BCUT2D eigenvalue weighted by molar-refractivity contribution is 0.459. The Morgan fingerprint density at radius 3 is 2.50 bits per heavy atom. The van der Waals surface area contributed by atoms with Gasteiger partial charge in [0.2, 0.25) is 10.0 Å². The molecule has 1 heterocycles. The summed E-state index contributed by atoms with van der Waals surface area (Å²) in [6.45, 7) is 1.65. The lowest BCUT2D eigenvalue weighted by atomic mass is 10.1. The van der Waals surface area contributed by atoms with E-state index in [9.17, 15) is 21.9 Å². The van der Waals surface area contributed by atoms with Crippen LogP contribution >= 0.6 is 0 Å². The number of hydrogen-bond donors (Lipinski definition) is 3. The Bertz CT molecular complexity index is 1220. The maximum atomic E-state index is 12.9. The van der Waals surface area contributed by atoms with Crippen LogP contribution in [0.2, 0.25) is 0 Å². The van der Waals surface area contributed by atoms with Gasteiger partial charge in [-0.15, -0.1) is 0 Å². The molecule has 3 aromatic rings. The van der Waals surface area contributed by atoms with Gasteiger partial charge < -0.3 is 5.11 Å². The minimum absolute atomic E-state index is 0.0355. The smallest absolute Gasteiger partial charge is 0.262 e. The first kappa shape index (κ1) is 18.1. The molecule has 10 heteroatoms. The van der Waals surface area contributed by atoms with Crippen LogP contribution in [0.15, 0.2) is 58.5 Å². The van der Waals surface area contributed by atoms with Crippen LogP contribution < -0.4 is 9.86 Å². The number of nitrogens with two attached hydrogens (primary N) is 1.